The third-order valence-corrected chi connectivity index (χ3v) is 6.17. The highest BCUT2D eigenvalue weighted by Gasteiger charge is 2.25. The van der Waals surface area contributed by atoms with Gasteiger partial charge >= 0.3 is 0 Å². The van der Waals surface area contributed by atoms with Crippen LogP contribution in [0.15, 0.2) is 35.7 Å². The standard InChI is InChI=1S/C20H25N3O2S/c1-22-7-6-16-13-15(4-5-17(16)22)18(23-8-10-25-11-9-23)14-21-20(24)19-3-2-12-26-19/h2-5,12-13,18H,6-11,14H2,1H3,(H,21,24). The van der Waals surface area contributed by atoms with E-state index in [2.05, 4.69) is 40.4 Å². The van der Waals surface area contributed by atoms with Gasteiger partial charge in [0.25, 0.3) is 5.91 Å². The number of morpholine rings is 1. The SMILES string of the molecule is CN1CCc2cc(C(CNC(=O)c3cccs3)N3CCOCC3)ccc21. The molecule has 1 aromatic carbocycles. The summed E-state index contributed by atoms with van der Waals surface area (Å²) in [5, 5.41) is 5.07. The first-order valence-electron chi connectivity index (χ1n) is 9.20. The lowest BCUT2D eigenvalue weighted by molar-refractivity contribution is 0.0162. The Morgan fingerprint density at radius 3 is 2.88 bits per heavy atom. The van der Waals surface area contributed by atoms with Gasteiger partial charge in [-0.25, -0.2) is 0 Å². The Morgan fingerprint density at radius 1 is 1.27 bits per heavy atom. The number of hydrogen-bond acceptors (Lipinski definition) is 5. The molecule has 1 fully saturated rings. The molecule has 0 spiro atoms. The number of nitrogens with zero attached hydrogens (tertiary/aromatic N) is 2. The molecule has 6 heteroatoms. The number of nitrogens with one attached hydrogen (secondary N) is 1. The van der Waals surface area contributed by atoms with E-state index in [-0.39, 0.29) is 11.9 Å². The average Bonchev–Trinajstić information content (AvgIpc) is 3.33. The summed E-state index contributed by atoms with van der Waals surface area (Å²) in [6, 6.07) is 10.7. The van der Waals surface area contributed by atoms with Crippen molar-refractivity contribution in [2.45, 2.75) is 12.5 Å². The Balaban J connectivity index is 1.54. The van der Waals surface area contributed by atoms with Crippen LogP contribution in [0.3, 0.4) is 0 Å². The van der Waals surface area contributed by atoms with Gasteiger partial charge in [0, 0.05) is 38.9 Å². The highest BCUT2D eigenvalue weighted by Crippen LogP contribution is 2.31. The van der Waals surface area contributed by atoms with E-state index in [1.165, 1.54) is 28.2 Å². The molecule has 5 nitrogen and oxygen atoms in total. The van der Waals surface area contributed by atoms with Crippen molar-refractivity contribution >= 4 is 22.9 Å². The lowest BCUT2D eigenvalue weighted by atomic mass is 10.0. The van der Waals surface area contributed by atoms with Crippen LogP contribution in [0, 0.1) is 0 Å². The zero-order valence-electron chi connectivity index (χ0n) is 15.1. The second-order valence-corrected chi connectivity index (χ2v) is 7.86. The Hall–Kier alpha value is -1.89. The molecule has 2 aliphatic rings. The fourth-order valence-electron chi connectivity index (χ4n) is 3.83. The topological polar surface area (TPSA) is 44.8 Å². The number of thiophene rings is 1. The van der Waals surface area contributed by atoms with E-state index >= 15 is 0 Å². The number of anilines is 1. The number of fused-ring (bicyclic) bond motifs is 1. The summed E-state index contributed by atoms with van der Waals surface area (Å²) in [6.45, 7) is 5.00. The minimum Gasteiger partial charge on any atom is -0.379 e. The average molecular weight is 372 g/mol. The first-order valence-corrected chi connectivity index (χ1v) is 10.1. The normalized spacial score (nSPS) is 18.6. The van der Waals surface area contributed by atoms with Crippen molar-refractivity contribution in [1.29, 1.82) is 0 Å². The van der Waals surface area contributed by atoms with Gasteiger partial charge in [-0.3, -0.25) is 9.69 Å². The molecule has 26 heavy (non-hydrogen) atoms. The minimum absolute atomic E-state index is 0.0131. The van der Waals surface area contributed by atoms with Gasteiger partial charge in [0.15, 0.2) is 0 Å². The molecule has 2 aromatic rings. The number of rotatable bonds is 5. The number of amides is 1. The van der Waals surface area contributed by atoms with Crippen LogP contribution < -0.4 is 10.2 Å². The maximum absolute atomic E-state index is 12.4. The molecule has 2 aliphatic heterocycles. The zero-order chi connectivity index (χ0) is 17.9. The second kappa shape index (κ2) is 7.78. The molecule has 0 radical (unpaired) electrons. The summed E-state index contributed by atoms with van der Waals surface area (Å²) >= 11 is 1.48. The molecule has 1 amide bonds. The second-order valence-electron chi connectivity index (χ2n) is 6.91. The molecule has 1 aromatic heterocycles. The van der Waals surface area contributed by atoms with Crippen molar-refractivity contribution in [1.82, 2.24) is 10.2 Å². The van der Waals surface area contributed by atoms with Crippen LogP contribution in [0.4, 0.5) is 5.69 Å². The molecular formula is C20H25N3O2S. The number of hydrogen-bond donors (Lipinski definition) is 1. The van der Waals surface area contributed by atoms with Crippen molar-refractivity contribution in [2.75, 3.05) is 51.3 Å². The number of carbonyl (C=O) groups excluding carboxylic acids is 1. The lowest BCUT2D eigenvalue weighted by Crippen LogP contribution is -2.43. The molecule has 0 saturated carbocycles. The monoisotopic (exact) mass is 371 g/mol. The van der Waals surface area contributed by atoms with Crippen molar-refractivity contribution in [2.24, 2.45) is 0 Å². The van der Waals surface area contributed by atoms with Crippen LogP contribution >= 0.6 is 11.3 Å². The van der Waals surface area contributed by atoms with Crippen LogP contribution in [0.5, 0.6) is 0 Å². The summed E-state index contributed by atoms with van der Waals surface area (Å²) in [6.07, 6.45) is 1.09. The summed E-state index contributed by atoms with van der Waals surface area (Å²) in [5.74, 6) is 0.0131. The minimum atomic E-state index is 0.0131. The van der Waals surface area contributed by atoms with E-state index in [0.717, 1.165) is 44.1 Å². The van der Waals surface area contributed by atoms with E-state index in [4.69, 9.17) is 4.74 Å². The van der Waals surface area contributed by atoms with Crippen LogP contribution in [0.1, 0.15) is 26.8 Å². The maximum atomic E-state index is 12.4. The molecule has 4 rings (SSSR count). The highest BCUT2D eigenvalue weighted by atomic mass is 32.1. The van der Waals surface area contributed by atoms with Crippen molar-refractivity contribution < 1.29 is 9.53 Å². The Labute approximate surface area is 158 Å². The molecule has 0 bridgehead atoms. The number of ether oxygens (including phenoxy) is 1. The van der Waals surface area contributed by atoms with Gasteiger partial charge in [0.2, 0.25) is 0 Å². The zero-order valence-corrected chi connectivity index (χ0v) is 15.9. The summed E-state index contributed by atoms with van der Waals surface area (Å²) in [7, 11) is 2.15. The summed E-state index contributed by atoms with van der Waals surface area (Å²) < 4.78 is 5.52. The predicted molar refractivity (Wildman–Crippen MR) is 105 cm³/mol. The molecule has 1 atom stereocenters. The number of likely N-dealkylation sites (N-methyl/N-ethyl adjacent to an activating group) is 1. The van der Waals surface area contributed by atoms with Crippen LogP contribution in [-0.4, -0.2) is 57.2 Å². The third kappa shape index (κ3) is 3.63. The molecular weight excluding hydrogens is 346 g/mol. The molecule has 1 unspecified atom stereocenters. The molecule has 3 heterocycles. The molecule has 1 N–H and O–H groups in total. The summed E-state index contributed by atoms with van der Waals surface area (Å²) in [4.78, 5) is 17.9. The van der Waals surface area contributed by atoms with Crippen molar-refractivity contribution in [3.8, 4) is 0 Å². The van der Waals surface area contributed by atoms with E-state index < -0.39 is 0 Å². The number of carbonyl (C=O) groups is 1. The van der Waals surface area contributed by atoms with Crippen LogP contribution in [0.25, 0.3) is 0 Å². The predicted octanol–water partition coefficient (Wildman–Crippen LogP) is 2.54. The smallest absolute Gasteiger partial charge is 0.261 e. The van der Waals surface area contributed by atoms with Gasteiger partial charge in [-0.2, -0.15) is 0 Å². The van der Waals surface area contributed by atoms with Gasteiger partial charge in [0.1, 0.15) is 0 Å². The van der Waals surface area contributed by atoms with Crippen molar-refractivity contribution in [3.05, 3.63) is 51.7 Å². The van der Waals surface area contributed by atoms with Gasteiger partial charge in [-0.05, 0) is 35.1 Å². The van der Waals surface area contributed by atoms with Crippen molar-refractivity contribution in [3.63, 3.8) is 0 Å². The molecule has 1 saturated heterocycles. The van der Waals surface area contributed by atoms with Gasteiger partial charge < -0.3 is 15.0 Å². The quantitative estimate of drug-likeness (QED) is 0.877. The Bertz CT molecular complexity index is 756. The fourth-order valence-corrected chi connectivity index (χ4v) is 4.47. The number of benzene rings is 1. The fraction of sp³-hybridized carbons (Fsp3) is 0.450. The molecule has 0 aliphatic carbocycles. The Kier molecular flexibility index (Phi) is 5.24. The van der Waals surface area contributed by atoms with Crippen LogP contribution in [-0.2, 0) is 11.2 Å². The molecule has 138 valence electrons. The van der Waals surface area contributed by atoms with Gasteiger partial charge in [-0.15, -0.1) is 11.3 Å². The van der Waals surface area contributed by atoms with E-state index in [1.54, 1.807) is 0 Å². The van der Waals surface area contributed by atoms with Gasteiger partial charge in [0.05, 0.1) is 24.1 Å². The Morgan fingerprint density at radius 2 is 2.12 bits per heavy atom. The first kappa shape index (κ1) is 17.5. The largest absolute Gasteiger partial charge is 0.379 e. The third-order valence-electron chi connectivity index (χ3n) is 5.30. The van der Waals surface area contributed by atoms with Gasteiger partial charge in [-0.1, -0.05) is 18.2 Å². The lowest BCUT2D eigenvalue weighted by Gasteiger charge is -2.35. The summed E-state index contributed by atoms with van der Waals surface area (Å²) in [5.41, 5.74) is 4.03. The first-order chi connectivity index (χ1) is 12.7. The van der Waals surface area contributed by atoms with E-state index in [9.17, 15) is 4.79 Å². The maximum Gasteiger partial charge on any atom is 0.261 e. The highest BCUT2D eigenvalue weighted by molar-refractivity contribution is 7.12. The van der Waals surface area contributed by atoms with E-state index in [1.807, 2.05) is 17.5 Å². The van der Waals surface area contributed by atoms with Crippen LogP contribution in [0.2, 0.25) is 0 Å². The van der Waals surface area contributed by atoms with E-state index in [0.29, 0.717) is 6.54 Å².